The van der Waals surface area contributed by atoms with Crippen LogP contribution < -0.4 is 16.4 Å². The molecule has 0 radical (unpaired) electrons. The van der Waals surface area contributed by atoms with Crippen molar-refractivity contribution in [2.24, 2.45) is 5.41 Å². The van der Waals surface area contributed by atoms with Gasteiger partial charge in [-0.15, -0.1) is 0 Å². The van der Waals surface area contributed by atoms with Crippen LogP contribution in [0.3, 0.4) is 0 Å². The fourth-order valence-electron chi connectivity index (χ4n) is 7.36. The zero-order chi connectivity index (χ0) is 51.1. The molecule has 0 spiro atoms. The van der Waals surface area contributed by atoms with Gasteiger partial charge in [-0.1, -0.05) is 135 Å². The van der Waals surface area contributed by atoms with Gasteiger partial charge in [-0.3, -0.25) is 32.5 Å². The number of nitrogens with zero attached hydrogens (tertiary/aromatic N) is 4. The van der Waals surface area contributed by atoms with Crippen LogP contribution in [0.5, 0.6) is 0 Å². The van der Waals surface area contributed by atoms with Gasteiger partial charge in [0, 0.05) is 37.1 Å². The van der Waals surface area contributed by atoms with Gasteiger partial charge in [0.15, 0.2) is 22.8 Å². The van der Waals surface area contributed by atoms with Crippen molar-refractivity contribution in [2.75, 3.05) is 37.8 Å². The summed E-state index contributed by atoms with van der Waals surface area (Å²) >= 11 is 1.16. The van der Waals surface area contributed by atoms with Gasteiger partial charge in [0.25, 0.3) is 0 Å². The Balaban J connectivity index is 1.27. The third-order valence-corrected chi connectivity index (χ3v) is 15.3. The summed E-state index contributed by atoms with van der Waals surface area (Å²) in [6.45, 7) is 2.84. The number of carbonyl (C=O) groups is 3. The Hall–Kier alpha value is -2.44. The summed E-state index contributed by atoms with van der Waals surface area (Å²) in [6, 6.07) is 0. The normalized spacial score (nSPS) is 19.8. The molecule has 1 saturated heterocycles. The topological polar surface area (TPSA) is 364 Å². The molecule has 3 rings (SSSR count). The van der Waals surface area contributed by atoms with Crippen molar-refractivity contribution in [3.8, 4) is 0 Å². The minimum Gasteiger partial charge on any atom is -0.386 e. The number of aliphatic hydroxyl groups excluding tert-OH is 2. The number of unbranched alkanes of at least 4 members (excludes halogenated alkanes) is 16. The fourth-order valence-corrected chi connectivity index (χ4v) is 10.9. The summed E-state index contributed by atoms with van der Waals surface area (Å²) in [5, 5.41) is 26.7. The number of aromatic nitrogens is 4. The highest BCUT2D eigenvalue weighted by Gasteiger charge is 2.50. The minimum absolute atomic E-state index is 0.0342. The summed E-state index contributed by atoms with van der Waals surface area (Å²) in [5.41, 5.74) is 4.29. The predicted octanol–water partition coefficient (Wildman–Crippen LogP) is 5.71. The number of thioether (sulfide) groups is 1. The third kappa shape index (κ3) is 23.3. The summed E-state index contributed by atoms with van der Waals surface area (Å²) in [7, 11) is -16.4. The summed E-state index contributed by atoms with van der Waals surface area (Å²) in [4.78, 5) is 88.5. The van der Waals surface area contributed by atoms with E-state index in [4.69, 9.17) is 19.5 Å². The molecule has 0 saturated carbocycles. The Morgan fingerprint density at radius 2 is 1.39 bits per heavy atom. The number of hydrogen-bond acceptors (Lipinski definition) is 18. The van der Waals surface area contributed by atoms with Crippen LogP contribution in [0, 0.1) is 5.41 Å². The number of amides is 2. The first kappa shape index (κ1) is 60.9. The molecule has 69 heavy (non-hydrogen) atoms. The van der Waals surface area contributed by atoms with Gasteiger partial charge in [0.2, 0.25) is 11.8 Å². The number of aliphatic hydroxyl groups is 2. The summed E-state index contributed by atoms with van der Waals surface area (Å²) < 4.78 is 62.5. The maximum Gasteiger partial charge on any atom is 0.481 e. The smallest absolute Gasteiger partial charge is 0.386 e. The molecule has 3 heterocycles. The Labute approximate surface area is 407 Å². The number of imidazole rings is 1. The van der Waals surface area contributed by atoms with Gasteiger partial charge in [0.1, 0.15) is 36.3 Å². The molecule has 0 aliphatic carbocycles. The Kier molecular flexibility index (Phi) is 27.0. The first-order valence-electron chi connectivity index (χ1n) is 23.6. The maximum atomic E-state index is 12.7. The van der Waals surface area contributed by atoms with Crippen molar-refractivity contribution in [1.29, 1.82) is 0 Å². The Morgan fingerprint density at radius 1 is 0.826 bits per heavy atom. The highest BCUT2D eigenvalue weighted by Crippen LogP contribution is 2.61. The highest BCUT2D eigenvalue weighted by molar-refractivity contribution is 8.13. The lowest BCUT2D eigenvalue weighted by Crippen LogP contribution is -2.46. The lowest BCUT2D eigenvalue weighted by atomic mass is 9.87. The maximum absolute atomic E-state index is 12.7. The zero-order valence-electron chi connectivity index (χ0n) is 39.8. The number of ether oxygens (including phenoxy) is 1. The number of nitrogen functional groups attached to an aromatic ring is 1. The number of nitrogens with one attached hydrogen (secondary N) is 2. The third-order valence-electron chi connectivity index (χ3n) is 11.2. The lowest BCUT2D eigenvalue weighted by molar-refractivity contribution is -0.137. The second-order valence-electron chi connectivity index (χ2n) is 17.7. The standard InChI is InChI=1S/C41H74N7O17P3S/c1-4-5-6-7-8-9-10-11-12-13-14-15-16-17-18-19-20-21-32(50)69-25-24-43-31(49)22-23-44-39(53)36(52)41(2,3)27-62-68(59,60)65-67(57,58)61-26-30-35(64-66(54,55)56)34(51)40(63-30)48-29-47-33-37(42)45-28-46-38(33)48/h28-30,34-36,40,51-52H,4-27H2,1-3H3,(H,43,49)(H,44,53)(H,57,58)(H,59,60)(H2,42,45,46)(H2,54,55,56)/t30-,34?,35-,36?,40-/m1/s1. The molecule has 0 bridgehead atoms. The molecule has 10 N–H and O–H groups in total. The van der Waals surface area contributed by atoms with Crippen LogP contribution in [0.25, 0.3) is 11.2 Å². The van der Waals surface area contributed by atoms with Crippen LogP contribution in [0.4, 0.5) is 5.82 Å². The number of fused-ring (bicyclic) bond motifs is 1. The van der Waals surface area contributed by atoms with Crippen LogP contribution in [-0.4, -0.2) is 123 Å². The Morgan fingerprint density at radius 3 is 1.97 bits per heavy atom. The molecular weight excluding hydrogens is 987 g/mol. The number of carbonyl (C=O) groups excluding carboxylic acids is 3. The molecule has 0 aromatic carbocycles. The molecular formula is C41H74N7O17P3S. The molecule has 2 aromatic rings. The molecule has 396 valence electrons. The molecule has 1 fully saturated rings. The average molecular weight is 1060 g/mol. The summed E-state index contributed by atoms with van der Waals surface area (Å²) in [5.74, 6) is -1.01. The van der Waals surface area contributed by atoms with E-state index in [-0.39, 0.29) is 41.6 Å². The van der Waals surface area contributed by atoms with Crippen molar-refractivity contribution in [3.63, 3.8) is 0 Å². The lowest BCUT2D eigenvalue weighted by Gasteiger charge is -2.30. The molecule has 24 nitrogen and oxygen atoms in total. The molecule has 2 amide bonds. The number of phosphoric acid groups is 3. The van der Waals surface area contributed by atoms with Crippen LogP contribution in [0.1, 0.15) is 149 Å². The second kappa shape index (κ2) is 30.6. The second-order valence-corrected chi connectivity index (χ2v) is 23.1. The van der Waals surface area contributed by atoms with E-state index in [1.54, 1.807) is 0 Å². The zero-order valence-corrected chi connectivity index (χ0v) is 43.3. The molecule has 7 atom stereocenters. The summed E-state index contributed by atoms with van der Waals surface area (Å²) in [6.07, 6.45) is 15.2. The van der Waals surface area contributed by atoms with E-state index in [2.05, 4.69) is 41.3 Å². The quantitative estimate of drug-likeness (QED) is 0.0289. The first-order chi connectivity index (χ1) is 32.6. The minimum atomic E-state index is -5.57. The van der Waals surface area contributed by atoms with Crippen LogP contribution in [0.2, 0.25) is 0 Å². The van der Waals surface area contributed by atoms with Crippen LogP contribution >= 0.6 is 35.2 Å². The molecule has 1 aliphatic rings. The number of nitrogens with two attached hydrogens (primary N) is 1. The first-order valence-corrected chi connectivity index (χ1v) is 29.1. The van der Waals surface area contributed by atoms with E-state index in [1.165, 1.54) is 104 Å². The van der Waals surface area contributed by atoms with Gasteiger partial charge >= 0.3 is 23.5 Å². The van der Waals surface area contributed by atoms with E-state index in [0.29, 0.717) is 12.2 Å². The van der Waals surface area contributed by atoms with Gasteiger partial charge in [0.05, 0.1) is 19.5 Å². The van der Waals surface area contributed by atoms with Gasteiger partial charge in [-0.25, -0.2) is 28.6 Å². The molecule has 2 aromatic heterocycles. The van der Waals surface area contributed by atoms with Crippen LogP contribution in [-0.2, 0) is 50.7 Å². The Bertz CT molecular complexity index is 2030. The van der Waals surface area contributed by atoms with Crippen molar-refractivity contribution in [3.05, 3.63) is 12.7 Å². The average Bonchev–Trinajstić information content (AvgIpc) is 3.84. The SMILES string of the molecule is CCCCCCCCCCCCCCCCCCCC(=O)SCCNC(=O)CCNC(=O)C(O)C(C)(C)COP(=O)(O)OP(=O)(O)OC[C@H]1O[C@@H](n2cnc3c(N)ncnc32)C(O)[C@@H]1OP(=O)(O)O. The van der Waals surface area contributed by atoms with Gasteiger partial charge < -0.3 is 50.9 Å². The van der Waals surface area contributed by atoms with Gasteiger partial charge in [-0.05, 0) is 6.42 Å². The van der Waals surface area contributed by atoms with Crippen molar-refractivity contribution < 1.29 is 80.5 Å². The molecule has 28 heteroatoms. The predicted molar refractivity (Wildman–Crippen MR) is 256 cm³/mol. The van der Waals surface area contributed by atoms with E-state index in [0.717, 1.165) is 48.2 Å². The molecule has 4 unspecified atom stereocenters. The van der Waals surface area contributed by atoms with E-state index < -0.39 is 84.6 Å². The van der Waals surface area contributed by atoms with Crippen molar-refractivity contribution >= 4 is 69.1 Å². The number of anilines is 1. The number of phosphoric ester groups is 3. The van der Waals surface area contributed by atoms with Crippen molar-refractivity contribution in [2.45, 2.75) is 173 Å². The fraction of sp³-hybridized carbons (Fsp3) is 0.805. The number of hydrogen-bond donors (Lipinski definition) is 9. The van der Waals surface area contributed by atoms with E-state index in [9.17, 15) is 57.9 Å². The van der Waals surface area contributed by atoms with E-state index >= 15 is 0 Å². The van der Waals surface area contributed by atoms with Crippen molar-refractivity contribution in [1.82, 2.24) is 30.2 Å². The van der Waals surface area contributed by atoms with Crippen LogP contribution in [0.15, 0.2) is 12.7 Å². The highest BCUT2D eigenvalue weighted by atomic mass is 32.2. The largest absolute Gasteiger partial charge is 0.481 e. The monoisotopic (exact) mass is 1060 g/mol. The van der Waals surface area contributed by atoms with Gasteiger partial charge in [-0.2, -0.15) is 4.31 Å². The van der Waals surface area contributed by atoms with E-state index in [1.807, 2.05) is 0 Å². The molecule has 1 aliphatic heterocycles. The number of rotatable bonds is 37.